The van der Waals surface area contributed by atoms with Crippen molar-refractivity contribution < 1.29 is 18.7 Å². The molecule has 0 heterocycles. The quantitative estimate of drug-likeness (QED) is 0.774. The van der Waals surface area contributed by atoms with E-state index in [1.807, 2.05) is 0 Å². The van der Waals surface area contributed by atoms with Gasteiger partial charge in [-0.3, -0.25) is 9.59 Å². The summed E-state index contributed by atoms with van der Waals surface area (Å²) in [5.74, 6) is -1.36. The summed E-state index contributed by atoms with van der Waals surface area (Å²) in [6, 6.07) is 10.5. The Hall–Kier alpha value is -2.11. The lowest BCUT2D eigenvalue weighted by atomic mass is 10.1. The van der Waals surface area contributed by atoms with Gasteiger partial charge in [-0.05, 0) is 42.3 Å². The average molecular weight is 370 g/mol. The molecule has 24 heavy (non-hydrogen) atoms. The number of halogens is 3. The number of hydrogen-bond donors (Lipinski definition) is 1. The number of amides is 1. The van der Waals surface area contributed by atoms with Gasteiger partial charge in [0.15, 0.2) is 6.61 Å². The third-order valence-corrected chi connectivity index (χ3v) is 3.65. The van der Waals surface area contributed by atoms with Crippen LogP contribution in [0.3, 0.4) is 0 Å². The minimum absolute atomic E-state index is 0.0978. The van der Waals surface area contributed by atoms with Crippen LogP contribution in [-0.4, -0.2) is 18.5 Å². The van der Waals surface area contributed by atoms with Gasteiger partial charge in [0, 0.05) is 11.4 Å². The Morgan fingerprint density at radius 3 is 2.46 bits per heavy atom. The first kappa shape index (κ1) is 18.2. The van der Waals surface area contributed by atoms with Crippen LogP contribution in [0.15, 0.2) is 42.5 Å². The standard InChI is InChI=1S/C17H14Cl2FNO3/c18-12-4-7-15(14(19)9-12)21-16(22)10-24-17(23)8-3-11-1-5-13(20)6-2-11/h1-2,4-7,9H,3,8,10H2,(H,21,22). The largest absolute Gasteiger partial charge is 0.456 e. The van der Waals surface area contributed by atoms with Crippen LogP contribution in [-0.2, 0) is 20.7 Å². The maximum absolute atomic E-state index is 12.8. The molecule has 0 unspecified atom stereocenters. The molecule has 0 aromatic heterocycles. The van der Waals surface area contributed by atoms with E-state index in [4.69, 9.17) is 27.9 Å². The van der Waals surface area contributed by atoms with Crippen LogP contribution in [0.1, 0.15) is 12.0 Å². The van der Waals surface area contributed by atoms with Gasteiger partial charge in [-0.2, -0.15) is 0 Å². The van der Waals surface area contributed by atoms with E-state index in [1.54, 1.807) is 24.3 Å². The Balaban J connectivity index is 1.74. The first-order chi connectivity index (χ1) is 11.4. The second kappa shape index (κ2) is 8.66. The van der Waals surface area contributed by atoms with Crippen LogP contribution in [0.4, 0.5) is 10.1 Å². The van der Waals surface area contributed by atoms with Gasteiger partial charge in [-0.25, -0.2) is 4.39 Å². The van der Waals surface area contributed by atoms with Crippen LogP contribution < -0.4 is 5.32 Å². The molecule has 0 spiro atoms. The predicted molar refractivity (Wildman–Crippen MR) is 90.8 cm³/mol. The van der Waals surface area contributed by atoms with E-state index in [1.165, 1.54) is 18.2 Å². The Morgan fingerprint density at radius 2 is 1.79 bits per heavy atom. The van der Waals surface area contributed by atoms with Crippen LogP contribution in [0, 0.1) is 5.82 Å². The van der Waals surface area contributed by atoms with Crippen molar-refractivity contribution in [2.45, 2.75) is 12.8 Å². The number of benzene rings is 2. The molecule has 0 radical (unpaired) electrons. The predicted octanol–water partition coefficient (Wildman–Crippen LogP) is 4.25. The van der Waals surface area contributed by atoms with Gasteiger partial charge in [-0.15, -0.1) is 0 Å². The molecule has 2 aromatic rings. The number of ether oxygens (including phenoxy) is 1. The van der Waals surface area contributed by atoms with Crippen molar-refractivity contribution in [1.82, 2.24) is 0 Å². The zero-order valence-electron chi connectivity index (χ0n) is 12.5. The van der Waals surface area contributed by atoms with E-state index >= 15 is 0 Å². The molecule has 2 aromatic carbocycles. The van der Waals surface area contributed by atoms with Gasteiger partial charge in [0.05, 0.1) is 10.7 Å². The molecule has 7 heteroatoms. The molecule has 0 saturated carbocycles. The molecule has 0 aliphatic heterocycles. The highest BCUT2D eigenvalue weighted by molar-refractivity contribution is 6.36. The van der Waals surface area contributed by atoms with Crippen LogP contribution in [0.25, 0.3) is 0 Å². The van der Waals surface area contributed by atoms with E-state index < -0.39 is 18.5 Å². The molecule has 0 atom stereocenters. The number of anilines is 1. The molecular weight excluding hydrogens is 356 g/mol. The number of carbonyl (C=O) groups is 2. The fraction of sp³-hybridized carbons (Fsp3) is 0.176. The summed E-state index contributed by atoms with van der Waals surface area (Å²) in [6.07, 6.45) is 0.504. The fourth-order valence-electron chi connectivity index (χ4n) is 1.89. The van der Waals surface area contributed by atoms with Gasteiger partial charge in [0.2, 0.25) is 0 Å². The summed E-state index contributed by atoms with van der Waals surface area (Å²) >= 11 is 11.7. The first-order valence-corrected chi connectivity index (χ1v) is 7.84. The maximum atomic E-state index is 12.8. The second-order valence-corrected chi connectivity index (χ2v) is 5.80. The maximum Gasteiger partial charge on any atom is 0.306 e. The second-order valence-electron chi connectivity index (χ2n) is 4.96. The highest BCUT2D eigenvalue weighted by Gasteiger charge is 2.10. The number of rotatable bonds is 6. The smallest absolute Gasteiger partial charge is 0.306 e. The highest BCUT2D eigenvalue weighted by atomic mass is 35.5. The van der Waals surface area contributed by atoms with Crippen molar-refractivity contribution in [2.24, 2.45) is 0 Å². The number of esters is 1. The first-order valence-electron chi connectivity index (χ1n) is 7.09. The number of hydrogen-bond acceptors (Lipinski definition) is 3. The Bertz CT molecular complexity index is 735. The van der Waals surface area contributed by atoms with Gasteiger partial charge < -0.3 is 10.1 Å². The summed E-state index contributed by atoms with van der Waals surface area (Å²) in [4.78, 5) is 23.4. The molecule has 0 saturated heterocycles. The van der Waals surface area contributed by atoms with Crippen molar-refractivity contribution in [3.63, 3.8) is 0 Å². The van der Waals surface area contributed by atoms with Crippen molar-refractivity contribution in [1.29, 1.82) is 0 Å². The highest BCUT2D eigenvalue weighted by Crippen LogP contribution is 2.25. The third kappa shape index (κ3) is 5.83. The molecule has 0 fully saturated rings. The van der Waals surface area contributed by atoms with Gasteiger partial charge >= 0.3 is 5.97 Å². The summed E-state index contributed by atoms with van der Waals surface area (Å²) in [5, 5.41) is 3.26. The number of aryl methyl sites for hydroxylation is 1. The minimum atomic E-state index is -0.517. The Kier molecular flexibility index (Phi) is 6.58. The zero-order valence-corrected chi connectivity index (χ0v) is 14.0. The minimum Gasteiger partial charge on any atom is -0.456 e. The summed E-state index contributed by atoms with van der Waals surface area (Å²) < 4.78 is 17.7. The normalized spacial score (nSPS) is 10.3. The summed E-state index contributed by atoms with van der Waals surface area (Å²) in [7, 11) is 0. The number of nitrogens with one attached hydrogen (secondary N) is 1. The van der Waals surface area contributed by atoms with Gasteiger partial charge in [0.25, 0.3) is 5.91 Å². The van der Waals surface area contributed by atoms with Crippen molar-refractivity contribution in [3.8, 4) is 0 Å². The molecule has 0 aliphatic rings. The fourth-order valence-corrected chi connectivity index (χ4v) is 2.35. The van der Waals surface area contributed by atoms with E-state index in [-0.39, 0.29) is 12.2 Å². The van der Waals surface area contributed by atoms with E-state index in [2.05, 4.69) is 5.32 Å². The van der Waals surface area contributed by atoms with Crippen molar-refractivity contribution in [2.75, 3.05) is 11.9 Å². The SMILES string of the molecule is O=C(COC(=O)CCc1ccc(F)cc1)Nc1ccc(Cl)cc1Cl. The molecule has 1 N–H and O–H groups in total. The molecular formula is C17H14Cl2FNO3. The molecule has 4 nitrogen and oxygen atoms in total. The molecule has 1 amide bonds. The summed E-state index contributed by atoms with van der Waals surface area (Å²) in [5.41, 5.74) is 1.19. The molecule has 0 bridgehead atoms. The lowest BCUT2D eigenvalue weighted by Crippen LogP contribution is -2.21. The Labute approximate surface area is 148 Å². The summed E-state index contributed by atoms with van der Waals surface area (Å²) in [6.45, 7) is -0.415. The lowest BCUT2D eigenvalue weighted by molar-refractivity contribution is -0.147. The Morgan fingerprint density at radius 1 is 1.08 bits per heavy atom. The van der Waals surface area contributed by atoms with Crippen molar-refractivity contribution in [3.05, 3.63) is 63.9 Å². The third-order valence-electron chi connectivity index (χ3n) is 3.10. The molecule has 2 rings (SSSR count). The lowest BCUT2D eigenvalue weighted by Gasteiger charge is -2.08. The van der Waals surface area contributed by atoms with Crippen LogP contribution in [0.2, 0.25) is 10.0 Å². The van der Waals surface area contributed by atoms with Crippen molar-refractivity contribution >= 4 is 40.8 Å². The van der Waals surface area contributed by atoms with Gasteiger partial charge in [0.1, 0.15) is 5.82 Å². The number of carbonyl (C=O) groups excluding carboxylic acids is 2. The average Bonchev–Trinajstić information content (AvgIpc) is 2.55. The molecule has 126 valence electrons. The zero-order chi connectivity index (χ0) is 17.5. The topological polar surface area (TPSA) is 55.4 Å². The molecule has 0 aliphatic carbocycles. The van der Waals surface area contributed by atoms with E-state index in [0.29, 0.717) is 22.2 Å². The van der Waals surface area contributed by atoms with Gasteiger partial charge in [-0.1, -0.05) is 35.3 Å². The van der Waals surface area contributed by atoms with Crippen LogP contribution in [0.5, 0.6) is 0 Å². The van der Waals surface area contributed by atoms with Crippen LogP contribution >= 0.6 is 23.2 Å². The van der Waals surface area contributed by atoms with E-state index in [9.17, 15) is 14.0 Å². The monoisotopic (exact) mass is 369 g/mol. The van der Waals surface area contributed by atoms with E-state index in [0.717, 1.165) is 5.56 Å².